The number of hydrogen-bond donors (Lipinski definition) is 1. The number of hydrogen-bond acceptors (Lipinski definition) is 2. The molecule has 0 spiro atoms. The summed E-state index contributed by atoms with van der Waals surface area (Å²) in [5.41, 5.74) is 8.86. The predicted molar refractivity (Wildman–Crippen MR) is 66.9 cm³/mol. The molecule has 1 aromatic carbocycles. The maximum Gasteiger partial charge on any atom is 0.389 e. The second-order valence-electron chi connectivity index (χ2n) is 4.75. The Balaban J connectivity index is 2.14. The molecule has 0 radical (unpaired) electrons. The molecule has 2 N–H and O–H groups in total. The SMILES string of the molecule is Cc1cc2c(cc1N)N(C(=O)CCC(F)(F)F)CC2. The molecule has 0 aromatic heterocycles. The number of nitrogen functional groups attached to an aromatic ring is 1. The maximum atomic E-state index is 12.1. The standard InChI is InChI=1S/C13H15F3N2O/c1-8-6-9-3-5-18(11(9)7-10(8)17)12(19)2-4-13(14,15)16/h6-7H,2-5,17H2,1H3. The highest BCUT2D eigenvalue weighted by molar-refractivity contribution is 5.96. The van der Waals surface area contributed by atoms with E-state index in [1.807, 2.05) is 13.0 Å². The van der Waals surface area contributed by atoms with Crippen molar-refractivity contribution in [3.8, 4) is 0 Å². The van der Waals surface area contributed by atoms with Crippen LogP contribution in [0, 0.1) is 6.92 Å². The molecule has 0 unspecified atom stereocenters. The summed E-state index contributed by atoms with van der Waals surface area (Å²) in [6.45, 7) is 2.29. The van der Waals surface area contributed by atoms with Gasteiger partial charge in [-0.15, -0.1) is 0 Å². The zero-order valence-electron chi connectivity index (χ0n) is 10.5. The summed E-state index contributed by atoms with van der Waals surface area (Å²) in [7, 11) is 0. The second-order valence-corrected chi connectivity index (χ2v) is 4.75. The van der Waals surface area contributed by atoms with E-state index in [1.54, 1.807) is 6.07 Å². The Morgan fingerprint density at radius 1 is 1.42 bits per heavy atom. The normalized spacial score (nSPS) is 14.6. The van der Waals surface area contributed by atoms with Crippen molar-refractivity contribution in [1.82, 2.24) is 0 Å². The molecule has 0 saturated carbocycles. The molecule has 6 heteroatoms. The van der Waals surface area contributed by atoms with Crippen LogP contribution in [0.1, 0.15) is 24.0 Å². The molecule has 3 nitrogen and oxygen atoms in total. The first kappa shape index (κ1) is 13.7. The lowest BCUT2D eigenvalue weighted by Gasteiger charge is -2.18. The number of nitrogens with zero attached hydrogens (tertiary/aromatic N) is 1. The van der Waals surface area contributed by atoms with E-state index < -0.39 is 24.9 Å². The predicted octanol–water partition coefficient (Wildman–Crippen LogP) is 2.81. The van der Waals surface area contributed by atoms with Crippen molar-refractivity contribution in [2.75, 3.05) is 17.2 Å². The summed E-state index contributed by atoms with van der Waals surface area (Å²) < 4.78 is 36.4. The molecule has 0 aliphatic carbocycles. The van der Waals surface area contributed by atoms with Gasteiger partial charge in [-0.25, -0.2) is 0 Å². The molecule has 19 heavy (non-hydrogen) atoms. The number of carbonyl (C=O) groups is 1. The average molecular weight is 272 g/mol. The van der Waals surface area contributed by atoms with Crippen LogP contribution >= 0.6 is 0 Å². The number of benzene rings is 1. The van der Waals surface area contributed by atoms with Gasteiger partial charge in [-0.3, -0.25) is 4.79 Å². The van der Waals surface area contributed by atoms with Gasteiger partial charge in [0, 0.05) is 24.3 Å². The maximum absolute atomic E-state index is 12.1. The van der Waals surface area contributed by atoms with Crippen molar-refractivity contribution in [2.24, 2.45) is 0 Å². The molecule has 104 valence electrons. The van der Waals surface area contributed by atoms with E-state index in [9.17, 15) is 18.0 Å². The number of aryl methyl sites for hydroxylation is 1. The highest BCUT2D eigenvalue weighted by Crippen LogP contribution is 2.33. The van der Waals surface area contributed by atoms with E-state index in [0.29, 0.717) is 24.3 Å². The molecule has 0 bridgehead atoms. The van der Waals surface area contributed by atoms with E-state index in [1.165, 1.54) is 4.90 Å². The Morgan fingerprint density at radius 2 is 2.11 bits per heavy atom. The highest BCUT2D eigenvalue weighted by atomic mass is 19.4. The van der Waals surface area contributed by atoms with Crippen molar-refractivity contribution < 1.29 is 18.0 Å². The number of amides is 1. The smallest absolute Gasteiger partial charge is 0.389 e. The van der Waals surface area contributed by atoms with E-state index >= 15 is 0 Å². The summed E-state index contributed by atoms with van der Waals surface area (Å²) in [6, 6.07) is 3.56. The van der Waals surface area contributed by atoms with Crippen LogP contribution in [0.5, 0.6) is 0 Å². The van der Waals surface area contributed by atoms with Crippen molar-refractivity contribution in [3.63, 3.8) is 0 Å². The molecular formula is C13H15F3N2O. The summed E-state index contributed by atoms with van der Waals surface area (Å²) in [5, 5.41) is 0. The van der Waals surface area contributed by atoms with Crippen LogP contribution in [0.4, 0.5) is 24.5 Å². The molecular weight excluding hydrogens is 257 g/mol. The number of anilines is 2. The Hall–Kier alpha value is -1.72. The molecule has 2 rings (SSSR count). The van der Waals surface area contributed by atoms with E-state index in [0.717, 1.165) is 11.1 Å². The van der Waals surface area contributed by atoms with Crippen molar-refractivity contribution in [1.29, 1.82) is 0 Å². The largest absolute Gasteiger partial charge is 0.398 e. The quantitative estimate of drug-likeness (QED) is 0.841. The first-order valence-electron chi connectivity index (χ1n) is 6.04. The van der Waals surface area contributed by atoms with Gasteiger partial charge in [-0.1, -0.05) is 6.07 Å². The van der Waals surface area contributed by atoms with Gasteiger partial charge in [0.15, 0.2) is 0 Å². The summed E-state index contributed by atoms with van der Waals surface area (Å²) >= 11 is 0. The van der Waals surface area contributed by atoms with Gasteiger partial charge < -0.3 is 10.6 Å². The minimum absolute atomic E-state index is 0.426. The molecule has 0 atom stereocenters. The third-order valence-corrected chi connectivity index (χ3v) is 3.29. The van der Waals surface area contributed by atoms with Crippen molar-refractivity contribution in [3.05, 3.63) is 23.3 Å². The third kappa shape index (κ3) is 3.00. The van der Waals surface area contributed by atoms with E-state index in [4.69, 9.17) is 5.73 Å². The Kier molecular flexibility index (Phi) is 3.43. The Morgan fingerprint density at radius 3 is 2.74 bits per heavy atom. The zero-order chi connectivity index (χ0) is 14.2. The fourth-order valence-electron chi connectivity index (χ4n) is 2.22. The number of carbonyl (C=O) groups excluding carboxylic acids is 1. The van der Waals surface area contributed by atoms with Gasteiger partial charge >= 0.3 is 6.18 Å². The number of fused-ring (bicyclic) bond motifs is 1. The number of halogens is 3. The van der Waals surface area contributed by atoms with Crippen LogP contribution < -0.4 is 10.6 Å². The van der Waals surface area contributed by atoms with Crippen molar-refractivity contribution >= 4 is 17.3 Å². The number of nitrogens with two attached hydrogens (primary N) is 1. The molecule has 1 aromatic rings. The fraction of sp³-hybridized carbons (Fsp3) is 0.462. The molecule has 1 aliphatic heterocycles. The van der Waals surface area contributed by atoms with Crippen LogP contribution in [0.2, 0.25) is 0 Å². The van der Waals surface area contributed by atoms with E-state index in [2.05, 4.69) is 0 Å². The summed E-state index contributed by atoms with van der Waals surface area (Å²) in [4.78, 5) is 13.2. The molecule has 1 heterocycles. The van der Waals surface area contributed by atoms with Crippen LogP contribution in [0.15, 0.2) is 12.1 Å². The van der Waals surface area contributed by atoms with Crippen LogP contribution in [0.3, 0.4) is 0 Å². The Labute approximate surface area is 109 Å². The van der Waals surface area contributed by atoms with Gasteiger partial charge in [-0.05, 0) is 30.5 Å². The zero-order valence-corrected chi connectivity index (χ0v) is 10.5. The van der Waals surface area contributed by atoms with Gasteiger partial charge in [0.2, 0.25) is 5.91 Å². The minimum atomic E-state index is -4.30. The monoisotopic (exact) mass is 272 g/mol. The Bertz CT molecular complexity index is 511. The highest BCUT2D eigenvalue weighted by Gasteiger charge is 2.31. The van der Waals surface area contributed by atoms with Crippen molar-refractivity contribution in [2.45, 2.75) is 32.4 Å². The lowest BCUT2D eigenvalue weighted by molar-refractivity contribution is -0.143. The molecule has 0 fully saturated rings. The van der Waals surface area contributed by atoms with Crippen LogP contribution in [0.25, 0.3) is 0 Å². The first-order chi connectivity index (χ1) is 8.78. The summed E-state index contributed by atoms with van der Waals surface area (Å²) in [5.74, 6) is -0.501. The van der Waals surface area contributed by atoms with Gasteiger partial charge in [0.05, 0.1) is 6.42 Å². The third-order valence-electron chi connectivity index (χ3n) is 3.29. The molecule has 1 aliphatic rings. The lowest BCUT2D eigenvalue weighted by Crippen LogP contribution is -2.29. The summed E-state index contributed by atoms with van der Waals surface area (Å²) in [6.07, 6.45) is -5.24. The number of alkyl halides is 3. The van der Waals surface area contributed by atoms with Gasteiger partial charge in [0.1, 0.15) is 0 Å². The van der Waals surface area contributed by atoms with Crippen LogP contribution in [-0.4, -0.2) is 18.6 Å². The van der Waals surface area contributed by atoms with Crippen LogP contribution in [-0.2, 0) is 11.2 Å². The first-order valence-corrected chi connectivity index (χ1v) is 6.04. The lowest BCUT2D eigenvalue weighted by atomic mass is 10.1. The minimum Gasteiger partial charge on any atom is -0.398 e. The number of rotatable bonds is 2. The fourth-order valence-corrected chi connectivity index (χ4v) is 2.22. The van der Waals surface area contributed by atoms with Gasteiger partial charge in [-0.2, -0.15) is 13.2 Å². The molecule has 1 amide bonds. The van der Waals surface area contributed by atoms with Gasteiger partial charge in [0.25, 0.3) is 0 Å². The van der Waals surface area contributed by atoms with E-state index in [-0.39, 0.29) is 0 Å². The topological polar surface area (TPSA) is 46.3 Å². The average Bonchev–Trinajstić information content (AvgIpc) is 2.69. The molecule has 0 saturated heterocycles. The second kappa shape index (κ2) is 4.75.